The lowest BCUT2D eigenvalue weighted by molar-refractivity contribution is 0.101. The van der Waals surface area contributed by atoms with Gasteiger partial charge < -0.3 is 5.32 Å². The van der Waals surface area contributed by atoms with Gasteiger partial charge in [-0.25, -0.2) is 13.8 Å². The minimum Gasteiger partial charge on any atom is -0.317 e. The van der Waals surface area contributed by atoms with Crippen molar-refractivity contribution in [2.75, 3.05) is 5.32 Å². The van der Waals surface area contributed by atoms with Crippen molar-refractivity contribution >= 4 is 27.5 Å². The van der Waals surface area contributed by atoms with E-state index in [1.165, 1.54) is 0 Å². The van der Waals surface area contributed by atoms with E-state index in [1.807, 2.05) is 6.92 Å². The second-order valence-electron chi connectivity index (χ2n) is 3.66. The largest absolute Gasteiger partial charge is 0.317 e. The van der Waals surface area contributed by atoms with Gasteiger partial charge in [-0.15, -0.1) is 5.10 Å². The standard InChI is InChI=1S/C11H9BrF2N4O/c1-2-9-16-10(18-17-9)11(19)15-8-3-5(12)6(13)4-7(8)14/h3-4H,2H2,1H3,(H,15,19)(H,16,17,18). The van der Waals surface area contributed by atoms with Crippen LogP contribution in [0, 0.1) is 11.6 Å². The van der Waals surface area contributed by atoms with Crippen LogP contribution in [0.4, 0.5) is 14.5 Å². The van der Waals surface area contributed by atoms with Gasteiger partial charge in [0.15, 0.2) is 0 Å². The molecular weight excluding hydrogens is 322 g/mol. The van der Waals surface area contributed by atoms with E-state index in [4.69, 9.17) is 0 Å². The molecule has 1 amide bonds. The molecule has 0 aliphatic rings. The summed E-state index contributed by atoms with van der Waals surface area (Å²) in [5.74, 6) is -1.85. The Morgan fingerprint density at radius 1 is 1.42 bits per heavy atom. The number of halogens is 3. The molecule has 2 aromatic rings. The van der Waals surface area contributed by atoms with Gasteiger partial charge >= 0.3 is 0 Å². The zero-order valence-corrected chi connectivity index (χ0v) is 11.4. The van der Waals surface area contributed by atoms with Crippen LogP contribution in [-0.2, 0) is 6.42 Å². The Bertz CT molecular complexity index is 629. The summed E-state index contributed by atoms with van der Waals surface area (Å²) in [5, 5.41) is 8.55. The van der Waals surface area contributed by atoms with Gasteiger partial charge in [-0.1, -0.05) is 6.92 Å². The van der Waals surface area contributed by atoms with E-state index < -0.39 is 17.5 Å². The second-order valence-corrected chi connectivity index (χ2v) is 4.51. The predicted molar refractivity (Wildman–Crippen MR) is 67.8 cm³/mol. The van der Waals surface area contributed by atoms with Crippen LogP contribution < -0.4 is 5.32 Å². The number of hydrogen-bond acceptors (Lipinski definition) is 3. The number of aromatic nitrogens is 3. The average Bonchev–Trinajstić information content (AvgIpc) is 2.84. The molecule has 0 unspecified atom stereocenters. The zero-order chi connectivity index (χ0) is 14.0. The van der Waals surface area contributed by atoms with Crippen LogP contribution in [0.5, 0.6) is 0 Å². The van der Waals surface area contributed by atoms with Crippen molar-refractivity contribution in [1.29, 1.82) is 0 Å². The Morgan fingerprint density at radius 3 is 2.79 bits per heavy atom. The van der Waals surface area contributed by atoms with Crippen LogP contribution in [-0.4, -0.2) is 21.1 Å². The van der Waals surface area contributed by atoms with Crippen molar-refractivity contribution in [1.82, 2.24) is 15.2 Å². The van der Waals surface area contributed by atoms with E-state index in [9.17, 15) is 13.6 Å². The Morgan fingerprint density at radius 2 is 2.16 bits per heavy atom. The zero-order valence-electron chi connectivity index (χ0n) is 9.80. The third-order valence-corrected chi connectivity index (χ3v) is 2.94. The first-order chi connectivity index (χ1) is 9.01. The normalized spacial score (nSPS) is 10.5. The third-order valence-electron chi connectivity index (χ3n) is 2.33. The van der Waals surface area contributed by atoms with Crippen molar-refractivity contribution in [3.05, 3.63) is 39.9 Å². The Labute approximate surface area is 115 Å². The molecule has 100 valence electrons. The van der Waals surface area contributed by atoms with E-state index in [0.717, 1.165) is 6.07 Å². The van der Waals surface area contributed by atoms with Crippen LogP contribution in [0.2, 0.25) is 0 Å². The molecule has 0 saturated heterocycles. The number of aryl methyl sites for hydroxylation is 1. The number of H-pyrrole nitrogens is 1. The molecule has 0 aliphatic carbocycles. The summed E-state index contributed by atoms with van der Waals surface area (Å²) < 4.78 is 26.5. The van der Waals surface area contributed by atoms with Gasteiger partial charge in [0.05, 0.1) is 10.2 Å². The lowest BCUT2D eigenvalue weighted by atomic mass is 10.3. The van der Waals surface area contributed by atoms with Crippen LogP contribution in [0.1, 0.15) is 23.4 Å². The van der Waals surface area contributed by atoms with Gasteiger partial charge in [0, 0.05) is 12.5 Å². The molecule has 0 fully saturated rings. The molecule has 1 aromatic carbocycles. The van der Waals surface area contributed by atoms with Gasteiger partial charge in [0.2, 0.25) is 5.82 Å². The summed E-state index contributed by atoms with van der Waals surface area (Å²) in [5.41, 5.74) is -0.152. The number of rotatable bonds is 3. The van der Waals surface area contributed by atoms with E-state index in [0.29, 0.717) is 18.3 Å². The maximum atomic E-state index is 13.5. The molecule has 1 heterocycles. The molecular formula is C11H9BrF2N4O. The lowest BCUT2D eigenvalue weighted by Crippen LogP contribution is -2.15. The van der Waals surface area contributed by atoms with Crippen molar-refractivity contribution in [3.8, 4) is 0 Å². The average molecular weight is 331 g/mol. The van der Waals surface area contributed by atoms with E-state index in [1.54, 1.807) is 0 Å². The van der Waals surface area contributed by atoms with E-state index >= 15 is 0 Å². The molecule has 0 spiro atoms. The highest BCUT2D eigenvalue weighted by Gasteiger charge is 2.15. The first-order valence-corrected chi connectivity index (χ1v) is 6.17. The fourth-order valence-electron chi connectivity index (χ4n) is 1.35. The van der Waals surface area contributed by atoms with Crippen LogP contribution in [0.15, 0.2) is 16.6 Å². The monoisotopic (exact) mass is 330 g/mol. The first kappa shape index (κ1) is 13.6. The number of nitrogens with one attached hydrogen (secondary N) is 2. The van der Waals surface area contributed by atoms with Crippen molar-refractivity contribution in [2.24, 2.45) is 0 Å². The fraction of sp³-hybridized carbons (Fsp3) is 0.182. The van der Waals surface area contributed by atoms with Gasteiger partial charge in [0.25, 0.3) is 5.91 Å². The highest BCUT2D eigenvalue weighted by Crippen LogP contribution is 2.23. The molecule has 0 aliphatic heterocycles. The minimum atomic E-state index is -0.875. The minimum absolute atomic E-state index is 0.0495. The van der Waals surface area contributed by atoms with E-state index in [-0.39, 0.29) is 16.0 Å². The summed E-state index contributed by atoms with van der Waals surface area (Å²) in [7, 11) is 0. The predicted octanol–water partition coefficient (Wildman–Crippen LogP) is 2.66. The highest BCUT2D eigenvalue weighted by atomic mass is 79.9. The molecule has 8 heteroatoms. The Balaban J connectivity index is 2.21. The van der Waals surface area contributed by atoms with Crippen molar-refractivity contribution < 1.29 is 13.6 Å². The van der Waals surface area contributed by atoms with Gasteiger partial charge in [-0.2, -0.15) is 0 Å². The summed E-state index contributed by atoms with van der Waals surface area (Å²) in [4.78, 5) is 15.7. The molecule has 2 N–H and O–H groups in total. The van der Waals surface area contributed by atoms with Crippen LogP contribution >= 0.6 is 15.9 Å². The maximum absolute atomic E-state index is 13.5. The van der Waals surface area contributed by atoms with Crippen LogP contribution in [0.3, 0.4) is 0 Å². The number of carbonyl (C=O) groups is 1. The summed E-state index contributed by atoms with van der Waals surface area (Å²) >= 11 is 2.91. The topological polar surface area (TPSA) is 70.7 Å². The number of benzene rings is 1. The number of anilines is 1. The summed E-state index contributed by atoms with van der Waals surface area (Å²) in [6.07, 6.45) is 0.594. The van der Waals surface area contributed by atoms with Gasteiger partial charge in [-0.05, 0) is 22.0 Å². The Hall–Kier alpha value is -1.83. The summed E-state index contributed by atoms with van der Waals surface area (Å²) in [6.45, 7) is 1.85. The van der Waals surface area contributed by atoms with Crippen molar-refractivity contribution in [3.63, 3.8) is 0 Å². The van der Waals surface area contributed by atoms with Gasteiger partial charge in [0.1, 0.15) is 17.5 Å². The smallest absolute Gasteiger partial charge is 0.295 e. The number of amides is 1. The number of hydrogen-bond donors (Lipinski definition) is 2. The number of carbonyl (C=O) groups excluding carboxylic acids is 1. The molecule has 1 aromatic heterocycles. The van der Waals surface area contributed by atoms with E-state index in [2.05, 4.69) is 36.4 Å². The number of aromatic amines is 1. The van der Waals surface area contributed by atoms with Crippen molar-refractivity contribution in [2.45, 2.75) is 13.3 Å². The first-order valence-electron chi connectivity index (χ1n) is 5.38. The fourth-order valence-corrected chi connectivity index (χ4v) is 1.69. The highest BCUT2D eigenvalue weighted by molar-refractivity contribution is 9.10. The van der Waals surface area contributed by atoms with Gasteiger partial charge in [-0.3, -0.25) is 9.89 Å². The molecule has 5 nitrogen and oxygen atoms in total. The third kappa shape index (κ3) is 2.95. The molecule has 19 heavy (non-hydrogen) atoms. The second kappa shape index (κ2) is 5.43. The molecule has 0 bridgehead atoms. The molecule has 0 radical (unpaired) electrons. The SMILES string of the molecule is CCc1nc(C(=O)Nc2cc(Br)c(F)cc2F)n[nH]1. The Kier molecular flexibility index (Phi) is 3.89. The quantitative estimate of drug-likeness (QED) is 0.850. The lowest BCUT2D eigenvalue weighted by Gasteiger charge is -2.05. The molecule has 2 rings (SSSR count). The number of nitrogens with zero attached hydrogens (tertiary/aromatic N) is 2. The summed E-state index contributed by atoms with van der Waals surface area (Å²) in [6, 6.07) is 1.81. The van der Waals surface area contributed by atoms with Crippen LogP contribution in [0.25, 0.3) is 0 Å². The molecule has 0 atom stereocenters. The molecule has 0 saturated carbocycles. The maximum Gasteiger partial charge on any atom is 0.295 e.